The Kier molecular flexibility index (Phi) is 12.1. The van der Waals surface area contributed by atoms with Gasteiger partial charge in [-0.05, 0) is 61.1 Å². The fourth-order valence-corrected chi connectivity index (χ4v) is 7.91. The number of rotatable bonds is 14. The van der Waals surface area contributed by atoms with Crippen LogP contribution in [0.25, 0.3) is 10.8 Å². The highest BCUT2D eigenvalue weighted by atomic mass is 16.6. The number of nitro benzene ring substituents is 1. The molecule has 56 heavy (non-hydrogen) atoms. The number of carbonyl (C=O) groups excluding carboxylic acids is 4. The van der Waals surface area contributed by atoms with Gasteiger partial charge in [-0.1, -0.05) is 79.8 Å². The van der Waals surface area contributed by atoms with Crippen LogP contribution in [-0.2, 0) is 26.4 Å². The number of hydrogen-bond donors (Lipinski definition) is 5. The molecule has 1 saturated heterocycles. The van der Waals surface area contributed by atoms with Crippen molar-refractivity contribution < 1.29 is 34.3 Å². The monoisotopic (exact) mass is 768 g/mol. The van der Waals surface area contributed by atoms with Crippen molar-refractivity contribution >= 4 is 40.1 Å². The van der Waals surface area contributed by atoms with Crippen LogP contribution in [-0.4, -0.2) is 89.4 Å². The molecule has 0 radical (unpaired) electrons. The van der Waals surface area contributed by atoms with E-state index in [0.717, 1.165) is 42.9 Å². The van der Waals surface area contributed by atoms with Gasteiger partial charge in [0.1, 0.15) is 17.7 Å². The maximum absolute atomic E-state index is 14.9. The van der Waals surface area contributed by atoms with Crippen LogP contribution in [0.4, 0.5) is 5.69 Å². The van der Waals surface area contributed by atoms with Gasteiger partial charge in [0.15, 0.2) is 6.10 Å². The molecule has 2 heterocycles. The van der Waals surface area contributed by atoms with Crippen molar-refractivity contribution in [1.29, 1.82) is 0 Å². The van der Waals surface area contributed by atoms with Gasteiger partial charge in [-0.2, -0.15) is 0 Å². The highest BCUT2D eigenvalue weighted by Gasteiger charge is 2.45. The Morgan fingerprint density at radius 2 is 1.70 bits per heavy atom. The molecule has 0 spiro atoms. The fraction of sp³-hybridized carbons (Fsp3) is 0.450. The summed E-state index contributed by atoms with van der Waals surface area (Å²) in [5, 5.41) is 48.7. The molecule has 16 nitrogen and oxygen atoms in total. The Labute approximate surface area is 323 Å². The Morgan fingerprint density at radius 1 is 1.00 bits per heavy atom. The average molecular weight is 769 g/mol. The number of carbonyl (C=O) groups is 4. The first kappa shape index (κ1) is 39.9. The van der Waals surface area contributed by atoms with Crippen molar-refractivity contribution in [2.24, 2.45) is 11.7 Å². The Morgan fingerprint density at radius 3 is 2.36 bits per heavy atom. The summed E-state index contributed by atoms with van der Waals surface area (Å²) in [6, 6.07) is 14.3. The van der Waals surface area contributed by atoms with Crippen LogP contribution < -0.4 is 16.4 Å². The smallest absolute Gasteiger partial charge is 0.269 e. The van der Waals surface area contributed by atoms with E-state index in [-0.39, 0.29) is 31.0 Å². The van der Waals surface area contributed by atoms with E-state index in [0.29, 0.717) is 23.2 Å². The molecule has 5 atom stereocenters. The van der Waals surface area contributed by atoms with Crippen molar-refractivity contribution in [2.75, 3.05) is 6.54 Å². The van der Waals surface area contributed by atoms with Crippen LogP contribution >= 0.6 is 0 Å². The van der Waals surface area contributed by atoms with Gasteiger partial charge >= 0.3 is 0 Å². The highest BCUT2D eigenvalue weighted by molar-refractivity contribution is 6.01. The second kappa shape index (κ2) is 17.0. The van der Waals surface area contributed by atoms with Crippen molar-refractivity contribution in [1.82, 2.24) is 30.5 Å². The summed E-state index contributed by atoms with van der Waals surface area (Å²) in [5.74, 6) is -2.56. The van der Waals surface area contributed by atoms with Gasteiger partial charge in [-0.15, -0.1) is 5.10 Å². The maximum Gasteiger partial charge on any atom is 0.269 e. The van der Waals surface area contributed by atoms with E-state index in [1.807, 2.05) is 30.3 Å². The third-order valence-corrected chi connectivity index (χ3v) is 10.9. The molecule has 0 bridgehead atoms. The van der Waals surface area contributed by atoms with Gasteiger partial charge in [0.25, 0.3) is 11.6 Å². The standard InChI is InChI=1S/C40H48N8O8/c1-40(2,54)34-22-42-45-47(34)30-21-33(38(52)43-31(35(49)36(41)50)18-25-12-16-29(17-13-25)48(55)56)46(23-30)39(53)32(19-24-8-4-3-5-9-24)44-37(51)28-15-14-26-10-6-7-11-27(26)20-28/h6-7,10-17,20,22,24,30-33,35,49,54H,3-5,8-9,18-19,21,23H2,1-2H3,(H2,41,50)(H,43,52)(H,44,51). The fourth-order valence-electron chi connectivity index (χ4n) is 7.91. The molecule has 16 heteroatoms. The summed E-state index contributed by atoms with van der Waals surface area (Å²) < 4.78 is 1.49. The molecule has 1 aliphatic carbocycles. The normalized spacial score (nSPS) is 19.2. The zero-order valence-electron chi connectivity index (χ0n) is 31.4. The van der Waals surface area contributed by atoms with Crippen LogP contribution in [0.15, 0.2) is 72.9 Å². The molecule has 2 aliphatic rings. The SMILES string of the molecule is CC(C)(O)c1cnnn1C1CC(C(=O)NC(Cc2ccc([N+](=O)[O-])cc2)C(O)C(N)=O)N(C(=O)C(CC2CCCCC2)NC(=O)c2ccc3ccccc3c2)C1. The summed E-state index contributed by atoms with van der Waals surface area (Å²) in [4.78, 5) is 67.4. The third kappa shape index (κ3) is 9.20. The second-order valence-electron chi connectivity index (χ2n) is 15.4. The molecule has 296 valence electrons. The van der Waals surface area contributed by atoms with Gasteiger partial charge in [0.2, 0.25) is 17.7 Å². The van der Waals surface area contributed by atoms with E-state index in [1.54, 1.807) is 26.0 Å². The lowest BCUT2D eigenvalue weighted by atomic mass is 9.84. The lowest BCUT2D eigenvalue weighted by Gasteiger charge is -2.32. The number of aliphatic hydroxyl groups is 2. The largest absolute Gasteiger partial charge is 0.384 e. The minimum atomic E-state index is -1.84. The predicted molar refractivity (Wildman–Crippen MR) is 205 cm³/mol. The molecule has 6 N–H and O–H groups in total. The molecular weight excluding hydrogens is 720 g/mol. The van der Waals surface area contributed by atoms with E-state index in [9.17, 15) is 39.5 Å². The number of likely N-dealkylation sites (tertiary alicyclic amines) is 1. The summed E-state index contributed by atoms with van der Waals surface area (Å²) in [7, 11) is 0. The van der Waals surface area contributed by atoms with Gasteiger partial charge < -0.3 is 31.5 Å². The molecular formula is C40H48N8O8. The number of nitrogens with one attached hydrogen (secondary N) is 2. The maximum atomic E-state index is 14.9. The number of aromatic nitrogens is 3. The number of benzene rings is 3. The van der Waals surface area contributed by atoms with Crippen molar-refractivity contribution in [3.63, 3.8) is 0 Å². The summed E-state index contributed by atoms with van der Waals surface area (Å²) in [6.07, 6.45) is 4.73. The van der Waals surface area contributed by atoms with Crippen molar-refractivity contribution in [2.45, 2.75) is 101 Å². The molecule has 1 aliphatic heterocycles. The topological polar surface area (TPSA) is 236 Å². The van der Waals surface area contributed by atoms with Gasteiger partial charge in [0.05, 0.1) is 28.9 Å². The Balaban J connectivity index is 1.32. The van der Waals surface area contributed by atoms with Crippen molar-refractivity contribution in [3.05, 3.63) is 99.9 Å². The first-order valence-corrected chi connectivity index (χ1v) is 18.9. The van der Waals surface area contributed by atoms with Gasteiger partial charge in [0, 0.05) is 30.7 Å². The molecule has 3 aromatic carbocycles. The van der Waals surface area contributed by atoms with E-state index in [2.05, 4.69) is 20.9 Å². The number of nitro groups is 1. The van der Waals surface area contributed by atoms with Crippen LogP contribution in [0.2, 0.25) is 0 Å². The van der Waals surface area contributed by atoms with Crippen LogP contribution in [0.5, 0.6) is 0 Å². The molecule has 4 amide bonds. The Hall–Kier alpha value is -5.74. The number of amides is 4. The number of nitrogens with zero attached hydrogens (tertiary/aromatic N) is 5. The van der Waals surface area contributed by atoms with Crippen LogP contribution in [0, 0.1) is 16.0 Å². The van der Waals surface area contributed by atoms with Crippen molar-refractivity contribution in [3.8, 4) is 0 Å². The molecule has 5 unspecified atom stereocenters. The molecule has 2 fully saturated rings. The number of nitrogens with two attached hydrogens (primary N) is 1. The zero-order chi connectivity index (χ0) is 40.1. The highest BCUT2D eigenvalue weighted by Crippen LogP contribution is 2.34. The van der Waals surface area contributed by atoms with E-state index in [4.69, 9.17) is 5.73 Å². The lowest BCUT2D eigenvalue weighted by molar-refractivity contribution is -0.384. The molecule has 6 rings (SSSR count). The number of hydrogen-bond acceptors (Lipinski definition) is 10. The lowest BCUT2D eigenvalue weighted by Crippen LogP contribution is -2.57. The quantitative estimate of drug-likeness (QED) is 0.0929. The van der Waals surface area contributed by atoms with Gasteiger partial charge in [-0.25, -0.2) is 4.68 Å². The van der Waals surface area contributed by atoms with Crippen LogP contribution in [0.3, 0.4) is 0 Å². The third-order valence-electron chi connectivity index (χ3n) is 10.9. The second-order valence-corrected chi connectivity index (χ2v) is 15.4. The summed E-state index contributed by atoms with van der Waals surface area (Å²) in [6.45, 7) is 3.11. The molecule has 4 aromatic rings. The number of aliphatic hydroxyl groups excluding tert-OH is 1. The van der Waals surface area contributed by atoms with Gasteiger partial charge in [-0.3, -0.25) is 29.3 Å². The number of non-ortho nitro benzene ring substituents is 1. The van der Waals surface area contributed by atoms with E-state index >= 15 is 0 Å². The summed E-state index contributed by atoms with van der Waals surface area (Å²) >= 11 is 0. The van der Waals surface area contributed by atoms with E-state index in [1.165, 1.54) is 40.0 Å². The predicted octanol–water partition coefficient (Wildman–Crippen LogP) is 3.05. The number of primary amides is 1. The first-order valence-electron chi connectivity index (χ1n) is 18.9. The minimum Gasteiger partial charge on any atom is -0.384 e. The van der Waals surface area contributed by atoms with E-state index < -0.39 is 64.4 Å². The summed E-state index contributed by atoms with van der Waals surface area (Å²) in [5.41, 5.74) is 5.17. The zero-order valence-corrected chi connectivity index (χ0v) is 31.4. The Bertz CT molecular complexity index is 2070. The number of fused-ring (bicyclic) bond motifs is 1. The van der Waals surface area contributed by atoms with Crippen LogP contribution in [0.1, 0.15) is 86.5 Å². The molecule has 1 saturated carbocycles. The average Bonchev–Trinajstić information content (AvgIpc) is 3.86. The minimum absolute atomic E-state index is 0.0235. The molecule has 1 aromatic heterocycles. The first-order chi connectivity index (χ1) is 26.7.